The van der Waals surface area contributed by atoms with E-state index in [1.807, 2.05) is 6.07 Å². The third-order valence-corrected chi connectivity index (χ3v) is 4.99. The van der Waals surface area contributed by atoms with Gasteiger partial charge in [0.05, 0.1) is 3.79 Å². The van der Waals surface area contributed by atoms with E-state index in [0.717, 1.165) is 18.0 Å². The third kappa shape index (κ3) is 4.06. The van der Waals surface area contributed by atoms with Gasteiger partial charge in [0.25, 0.3) is 0 Å². The molecule has 0 radical (unpaired) electrons. The second-order valence-electron chi connectivity index (χ2n) is 4.55. The molecule has 2 rings (SSSR count). The molecule has 0 aliphatic carbocycles. The van der Waals surface area contributed by atoms with Crippen molar-refractivity contribution in [2.24, 2.45) is 0 Å². The second kappa shape index (κ2) is 6.89. The first-order valence-electron chi connectivity index (χ1n) is 6.33. The Labute approximate surface area is 132 Å². The predicted octanol–water partition coefficient (Wildman–Crippen LogP) is 5.37. The smallest absolute Gasteiger partial charge is 0.0701 e. The van der Waals surface area contributed by atoms with Gasteiger partial charge in [-0.3, -0.25) is 0 Å². The monoisotopic (exact) mass is 357 g/mol. The van der Waals surface area contributed by atoms with Crippen molar-refractivity contribution in [3.8, 4) is 0 Å². The van der Waals surface area contributed by atoms with Crippen molar-refractivity contribution in [3.05, 3.63) is 55.1 Å². The van der Waals surface area contributed by atoms with Gasteiger partial charge < -0.3 is 5.32 Å². The average Bonchev–Trinajstić information content (AvgIpc) is 2.74. The van der Waals surface area contributed by atoms with Crippen LogP contribution in [0.15, 0.2) is 34.1 Å². The van der Waals surface area contributed by atoms with Crippen LogP contribution in [0.2, 0.25) is 5.02 Å². The zero-order valence-corrected chi connectivity index (χ0v) is 14.2. The molecule has 1 nitrogen and oxygen atoms in total. The van der Waals surface area contributed by atoms with Crippen LogP contribution in [0.5, 0.6) is 0 Å². The molecule has 0 bridgehead atoms. The molecule has 1 aromatic carbocycles. The number of hydrogen-bond donors (Lipinski definition) is 1. The molecule has 2 aromatic rings. The zero-order valence-electron chi connectivity index (χ0n) is 11.0. The van der Waals surface area contributed by atoms with Crippen LogP contribution in [-0.4, -0.2) is 6.54 Å². The van der Waals surface area contributed by atoms with Gasteiger partial charge in [0.1, 0.15) is 0 Å². The molecule has 4 heteroatoms. The van der Waals surface area contributed by atoms with Gasteiger partial charge >= 0.3 is 0 Å². The highest BCUT2D eigenvalue weighted by Crippen LogP contribution is 2.30. The Morgan fingerprint density at radius 2 is 2.11 bits per heavy atom. The lowest BCUT2D eigenvalue weighted by molar-refractivity contribution is 0.553. The van der Waals surface area contributed by atoms with E-state index in [9.17, 15) is 0 Å². The highest BCUT2D eigenvalue weighted by atomic mass is 79.9. The molecule has 0 saturated carbocycles. The molecule has 102 valence electrons. The van der Waals surface area contributed by atoms with E-state index in [1.165, 1.54) is 19.8 Å². The van der Waals surface area contributed by atoms with Crippen molar-refractivity contribution in [2.45, 2.75) is 26.3 Å². The minimum Gasteiger partial charge on any atom is -0.310 e. The molecular formula is C15H17BrClNS. The average molecular weight is 359 g/mol. The van der Waals surface area contributed by atoms with Crippen LogP contribution in [0, 0.1) is 6.92 Å². The van der Waals surface area contributed by atoms with Crippen molar-refractivity contribution in [1.82, 2.24) is 5.32 Å². The number of likely N-dealkylation sites (N-methyl/N-ethyl adjacent to an activating group) is 1. The summed E-state index contributed by atoms with van der Waals surface area (Å²) in [6.07, 6.45) is 0.965. The lowest BCUT2D eigenvalue weighted by Gasteiger charge is -2.19. The van der Waals surface area contributed by atoms with Crippen molar-refractivity contribution in [2.75, 3.05) is 6.54 Å². The van der Waals surface area contributed by atoms with Crippen LogP contribution in [0.25, 0.3) is 0 Å². The summed E-state index contributed by atoms with van der Waals surface area (Å²) < 4.78 is 1.17. The molecule has 19 heavy (non-hydrogen) atoms. The summed E-state index contributed by atoms with van der Waals surface area (Å²) in [5, 5.41) is 4.37. The SMILES string of the molecule is CCNC(Cc1ccc(Br)s1)c1ccc(C)cc1Cl. The van der Waals surface area contributed by atoms with E-state index in [0.29, 0.717) is 0 Å². The summed E-state index contributed by atoms with van der Waals surface area (Å²) >= 11 is 11.7. The molecule has 0 saturated heterocycles. The Morgan fingerprint density at radius 1 is 1.32 bits per heavy atom. The Bertz CT molecular complexity index is 553. The molecule has 1 heterocycles. The first-order chi connectivity index (χ1) is 9.10. The van der Waals surface area contributed by atoms with Crippen molar-refractivity contribution < 1.29 is 0 Å². The van der Waals surface area contributed by atoms with Gasteiger partial charge in [-0.25, -0.2) is 0 Å². The molecule has 1 atom stereocenters. The van der Waals surface area contributed by atoms with Crippen LogP contribution in [0.3, 0.4) is 0 Å². The van der Waals surface area contributed by atoms with E-state index in [-0.39, 0.29) is 6.04 Å². The highest BCUT2D eigenvalue weighted by molar-refractivity contribution is 9.11. The molecular weight excluding hydrogens is 342 g/mol. The molecule has 0 fully saturated rings. The Morgan fingerprint density at radius 3 is 2.68 bits per heavy atom. The summed E-state index contributed by atoms with van der Waals surface area (Å²) in [7, 11) is 0. The van der Waals surface area contributed by atoms with Crippen LogP contribution < -0.4 is 5.32 Å². The van der Waals surface area contributed by atoms with Crippen LogP contribution in [-0.2, 0) is 6.42 Å². The first-order valence-corrected chi connectivity index (χ1v) is 8.32. The van der Waals surface area contributed by atoms with Crippen molar-refractivity contribution >= 4 is 38.9 Å². The molecule has 0 aliphatic rings. The Hall–Kier alpha value is -0.350. The molecule has 1 aromatic heterocycles. The van der Waals surface area contributed by atoms with E-state index in [4.69, 9.17) is 11.6 Å². The first kappa shape index (κ1) is 15.0. The molecule has 0 aliphatic heterocycles. The summed E-state index contributed by atoms with van der Waals surface area (Å²) in [6, 6.07) is 10.8. The number of thiophene rings is 1. The zero-order chi connectivity index (χ0) is 13.8. The number of rotatable bonds is 5. The molecule has 0 amide bonds. The molecule has 1 unspecified atom stereocenters. The highest BCUT2D eigenvalue weighted by Gasteiger charge is 2.15. The van der Waals surface area contributed by atoms with Crippen LogP contribution in [0.1, 0.15) is 29.0 Å². The third-order valence-electron chi connectivity index (χ3n) is 3.02. The number of halogens is 2. The van der Waals surface area contributed by atoms with Gasteiger partial charge in [-0.2, -0.15) is 0 Å². The fourth-order valence-electron chi connectivity index (χ4n) is 2.12. The van der Waals surface area contributed by atoms with Crippen LogP contribution in [0.4, 0.5) is 0 Å². The maximum Gasteiger partial charge on any atom is 0.0701 e. The van der Waals surface area contributed by atoms with E-state index in [2.05, 4.69) is 59.4 Å². The Kier molecular flexibility index (Phi) is 5.46. The second-order valence-corrected chi connectivity index (χ2v) is 7.50. The normalized spacial score (nSPS) is 12.6. The minimum absolute atomic E-state index is 0.267. The molecule has 1 N–H and O–H groups in total. The largest absolute Gasteiger partial charge is 0.310 e. The Balaban J connectivity index is 2.23. The maximum atomic E-state index is 6.39. The van der Waals surface area contributed by atoms with Crippen LogP contribution >= 0.6 is 38.9 Å². The molecule has 0 spiro atoms. The van der Waals surface area contributed by atoms with E-state index in [1.54, 1.807) is 11.3 Å². The lowest BCUT2D eigenvalue weighted by atomic mass is 10.0. The van der Waals surface area contributed by atoms with Gasteiger partial charge in [-0.05, 0) is 58.7 Å². The van der Waals surface area contributed by atoms with Gasteiger partial charge in [-0.15, -0.1) is 11.3 Å². The lowest BCUT2D eigenvalue weighted by Crippen LogP contribution is -2.23. The minimum atomic E-state index is 0.267. The topological polar surface area (TPSA) is 12.0 Å². The van der Waals surface area contributed by atoms with E-state index >= 15 is 0 Å². The van der Waals surface area contributed by atoms with E-state index < -0.39 is 0 Å². The summed E-state index contributed by atoms with van der Waals surface area (Å²) in [5.41, 5.74) is 2.38. The van der Waals surface area contributed by atoms with Gasteiger partial charge in [-0.1, -0.05) is 30.7 Å². The maximum absolute atomic E-state index is 6.39. The van der Waals surface area contributed by atoms with Gasteiger partial charge in [0.2, 0.25) is 0 Å². The summed E-state index contributed by atoms with van der Waals surface area (Å²) in [4.78, 5) is 1.36. The number of aryl methyl sites for hydroxylation is 1. The standard InChI is InChI=1S/C15H17BrClNS/c1-3-18-14(9-11-5-7-15(16)19-11)12-6-4-10(2)8-13(12)17/h4-8,14,18H,3,9H2,1-2H3. The van der Waals surface area contributed by atoms with Crippen molar-refractivity contribution in [1.29, 1.82) is 0 Å². The van der Waals surface area contributed by atoms with Crippen molar-refractivity contribution in [3.63, 3.8) is 0 Å². The summed E-state index contributed by atoms with van der Waals surface area (Å²) in [5.74, 6) is 0. The fraction of sp³-hybridized carbons (Fsp3) is 0.333. The number of benzene rings is 1. The number of nitrogens with one attached hydrogen (secondary N) is 1. The summed E-state index contributed by atoms with van der Waals surface area (Å²) in [6.45, 7) is 5.12. The number of hydrogen-bond acceptors (Lipinski definition) is 2. The quantitative estimate of drug-likeness (QED) is 0.758. The van der Waals surface area contributed by atoms with Gasteiger partial charge in [0.15, 0.2) is 0 Å². The van der Waals surface area contributed by atoms with Gasteiger partial charge in [0, 0.05) is 22.4 Å². The fourth-order valence-corrected chi connectivity index (χ4v) is 4.01. The predicted molar refractivity (Wildman–Crippen MR) is 88.3 cm³/mol.